The van der Waals surface area contributed by atoms with E-state index in [1.807, 2.05) is 6.07 Å². The van der Waals surface area contributed by atoms with Gasteiger partial charge in [-0.15, -0.1) is 0 Å². The molecule has 0 bridgehead atoms. The van der Waals surface area contributed by atoms with Crippen molar-refractivity contribution < 1.29 is 0 Å². The first-order valence-corrected chi connectivity index (χ1v) is 7.16. The Balaban J connectivity index is 2.27. The molecule has 0 amide bonds. The van der Waals surface area contributed by atoms with Crippen molar-refractivity contribution >= 4 is 11.6 Å². The second-order valence-electron chi connectivity index (χ2n) is 4.97. The van der Waals surface area contributed by atoms with Gasteiger partial charge in [0.15, 0.2) is 0 Å². The zero-order valence-electron chi connectivity index (χ0n) is 10.7. The second kappa shape index (κ2) is 5.81. The Hall–Kier alpha value is -0.630. The zero-order valence-corrected chi connectivity index (χ0v) is 11.5. The lowest BCUT2D eigenvalue weighted by molar-refractivity contribution is 0.587. The molecule has 0 aromatic carbocycles. The lowest BCUT2D eigenvalue weighted by Gasteiger charge is -2.15. The van der Waals surface area contributed by atoms with E-state index in [9.17, 15) is 0 Å². The maximum Gasteiger partial charge on any atom is 0.133 e. The molecular formula is C14H21ClN2. The third kappa shape index (κ3) is 2.98. The number of hydrogen-bond acceptors (Lipinski definition) is 2. The molecule has 94 valence electrons. The Labute approximate surface area is 109 Å². The molecule has 2 nitrogen and oxygen atoms in total. The van der Waals surface area contributed by atoms with Gasteiger partial charge in [0.25, 0.3) is 0 Å². The molecular weight excluding hydrogens is 232 g/mol. The highest BCUT2D eigenvalue weighted by atomic mass is 35.5. The summed E-state index contributed by atoms with van der Waals surface area (Å²) < 4.78 is 0. The Morgan fingerprint density at radius 1 is 1.24 bits per heavy atom. The predicted octanol–water partition coefficient (Wildman–Crippen LogP) is 4.69. The Kier molecular flexibility index (Phi) is 4.38. The van der Waals surface area contributed by atoms with Gasteiger partial charge >= 0.3 is 0 Å². The van der Waals surface area contributed by atoms with Crippen LogP contribution in [0.25, 0.3) is 0 Å². The van der Waals surface area contributed by atoms with Gasteiger partial charge in [-0.3, -0.25) is 0 Å². The van der Waals surface area contributed by atoms with Crippen molar-refractivity contribution in [2.75, 3.05) is 0 Å². The van der Waals surface area contributed by atoms with Crippen LogP contribution in [0.4, 0.5) is 0 Å². The Morgan fingerprint density at radius 3 is 2.47 bits per heavy atom. The van der Waals surface area contributed by atoms with Crippen LogP contribution >= 0.6 is 11.6 Å². The van der Waals surface area contributed by atoms with Crippen LogP contribution in [0, 0.1) is 0 Å². The van der Waals surface area contributed by atoms with Crippen molar-refractivity contribution in [3.8, 4) is 0 Å². The van der Waals surface area contributed by atoms with Gasteiger partial charge < -0.3 is 0 Å². The lowest BCUT2D eigenvalue weighted by atomic mass is 10.0. The lowest BCUT2D eigenvalue weighted by Crippen LogP contribution is -2.07. The van der Waals surface area contributed by atoms with E-state index in [1.165, 1.54) is 31.4 Å². The van der Waals surface area contributed by atoms with Gasteiger partial charge in [0, 0.05) is 17.5 Å². The van der Waals surface area contributed by atoms with Crippen molar-refractivity contribution in [2.24, 2.45) is 0 Å². The van der Waals surface area contributed by atoms with E-state index < -0.39 is 0 Å². The van der Waals surface area contributed by atoms with Crippen LogP contribution in [0.15, 0.2) is 6.07 Å². The van der Waals surface area contributed by atoms with Crippen LogP contribution in [0.2, 0.25) is 5.15 Å². The summed E-state index contributed by atoms with van der Waals surface area (Å²) in [5.74, 6) is 2.02. The summed E-state index contributed by atoms with van der Waals surface area (Å²) >= 11 is 6.14. The summed E-state index contributed by atoms with van der Waals surface area (Å²) in [6, 6.07) is 1.96. The molecule has 0 N–H and O–H groups in total. The molecule has 1 saturated carbocycles. The fraction of sp³-hybridized carbons (Fsp3) is 0.714. The summed E-state index contributed by atoms with van der Waals surface area (Å²) in [6.07, 6.45) is 7.34. The highest BCUT2D eigenvalue weighted by Gasteiger charge is 2.21. The number of aromatic nitrogens is 2. The maximum absolute atomic E-state index is 6.14. The first-order chi connectivity index (χ1) is 8.24. The van der Waals surface area contributed by atoms with Gasteiger partial charge in [0.2, 0.25) is 0 Å². The molecule has 3 heteroatoms. The van der Waals surface area contributed by atoms with Gasteiger partial charge in [-0.05, 0) is 31.7 Å². The summed E-state index contributed by atoms with van der Waals surface area (Å²) in [6.45, 7) is 4.38. The number of nitrogens with zero attached hydrogens (tertiary/aromatic N) is 2. The molecule has 1 aromatic heterocycles. The van der Waals surface area contributed by atoms with E-state index in [2.05, 4.69) is 18.8 Å². The molecule has 1 aliphatic rings. The quantitative estimate of drug-likeness (QED) is 0.727. The van der Waals surface area contributed by atoms with Gasteiger partial charge in [0.05, 0.1) is 0 Å². The van der Waals surface area contributed by atoms with Crippen LogP contribution in [-0.4, -0.2) is 9.97 Å². The standard InChI is InChI=1S/C14H21ClN2/c1-3-10(4-2)14-16-12(9-13(15)17-14)11-7-5-6-8-11/h9-11H,3-8H2,1-2H3. The Morgan fingerprint density at radius 2 is 1.88 bits per heavy atom. The third-order valence-electron chi connectivity index (χ3n) is 3.86. The molecule has 0 radical (unpaired) electrons. The van der Waals surface area contributed by atoms with Crippen LogP contribution < -0.4 is 0 Å². The molecule has 1 fully saturated rings. The van der Waals surface area contributed by atoms with Crippen LogP contribution in [-0.2, 0) is 0 Å². The van der Waals surface area contributed by atoms with Gasteiger partial charge in [0.1, 0.15) is 11.0 Å². The number of halogens is 1. The smallest absolute Gasteiger partial charge is 0.133 e. The van der Waals surface area contributed by atoms with Crippen LogP contribution in [0.1, 0.15) is 75.7 Å². The van der Waals surface area contributed by atoms with Crippen LogP contribution in [0.3, 0.4) is 0 Å². The molecule has 17 heavy (non-hydrogen) atoms. The average molecular weight is 253 g/mol. The summed E-state index contributed by atoms with van der Waals surface area (Å²) in [4.78, 5) is 9.16. The van der Waals surface area contributed by atoms with E-state index in [0.29, 0.717) is 17.0 Å². The summed E-state index contributed by atoms with van der Waals surface area (Å²) in [5, 5.41) is 0.615. The molecule has 1 aromatic rings. The topological polar surface area (TPSA) is 25.8 Å². The largest absolute Gasteiger partial charge is 0.237 e. The fourth-order valence-corrected chi connectivity index (χ4v) is 2.92. The molecule has 1 heterocycles. The van der Waals surface area contributed by atoms with E-state index in [-0.39, 0.29) is 0 Å². The highest BCUT2D eigenvalue weighted by Crippen LogP contribution is 2.34. The van der Waals surface area contributed by atoms with E-state index >= 15 is 0 Å². The summed E-state index contributed by atoms with van der Waals surface area (Å²) in [7, 11) is 0. The minimum atomic E-state index is 0.453. The van der Waals surface area contributed by atoms with E-state index in [1.54, 1.807) is 0 Å². The van der Waals surface area contributed by atoms with Gasteiger partial charge in [-0.2, -0.15) is 0 Å². The molecule has 0 aliphatic heterocycles. The fourth-order valence-electron chi connectivity index (χ4n) is 2.72. The van der Waals surface area contributed by atoms with Crippen LogP contribution in [0.5, 0.6) is 0 Å². The Bertz CT molecular complexity index is 348. The first-order valence-electron chi connectivity index (χ1n) is 6.79. The van der Waals surface area contributed by atoms with E-state index in [0.717, 1.165) is 18.7 Å². The highest BCUT2D eigenvalue weighted by molar-refractivity contribution is 6.29. The zero-order chi connectivity index (χ0) is 12.3. The molecule has 2 rings (SSSR count). The molecule has 0 saturated heterocycles. The van der Waals surface area contributed by atoms with E-state index in [4.69, 9.17) is 16.6 Å². The van der Waals surface area contributed by atoms with Crippen molar-refractivity contribution in [3.63, 3.8) is 0 Å². The second-order valence-corrected chi connectivity index (χ2v) is 5.36. The third-order valence-corrected chi connectivity index (χ3v) is 4.05. The van der Waals surface area contributed by atoms with Crippen molar-refractivity contribution in [3.05, 3.63) is 22.7 Å². The molecule has 0 spiro atoms. The normalized spacial score (nSPS) is 16.9. The minimum absolute atomic E-state index is 0.453. The van der Waals surface area contributed by atoms with Gasteiger partial charge in [-0.1, -0.05) is 38.3 Å². The van der Waals surface area contributed by atoms with Crippen molar-refractivity contribution in [2.45, 2.75) is 64.2 Å². The minimum Gasteiger partial charge on any atom is -0.237 e. The molecule has 1 aliphatic carbocycles. The number of rotatable bonds is 4. The number of hydrogen-bond donors (Lipinski definition) is 0. The monoisotopic (exact) mass is 252 g/mol. The molecule has 0 unspecified atom stereocenters. The average Bonchev–Trinajstić information content (AvgIpc) is 2.83. The van der Waals surface area contributed by atoms with Gasteiger partial charge in [-0.25, -0.2) is 9.97 Å². The summed E-state index contributed by atoms with van der Waals surface area (Å²) in [5.41, 5.74) is 1.17. The molecule has 0 atom stereocenters. The maximum atomic E-state index is 6.14. The SMILES string of the molecule is CCC(CC)c1nc(Cl)cc(C2CCCC2)n1. The van der Waals surface area contributed by atoms with Crippen molar-refractivity contribution in [1.29, 1.82) is 0 Å². The first kappa shape index (κ1) is 12.8. The van der Waals surface area contributed by atoms with Crippen molar-refractivity contribution in [1.82, 2.24) is 9.97 Å². The predicted molar refractivity (Wildman–Crippen MR) is 71.6 cm³/mol.